The van der Waals surface area contributed by atoms with Crippen LogP contribution in [0.5, 0.6) is 0 Å². The molecule has 3 unspecified atom stereocenters. The lowest BCUT2D eigenvalue weighted by Crippen LogP contribution is -2.50. The number of halogens is 1. The van der Waals surface area contributed by atoms with E-state index in [9.17, 15) is 4.79 Å². The number of benzene rings is 1. The van der Waals surface area contributed by atoms with Crippen LogP contribution >= 0.6 is 11.6 Å². The van der Waals surface area contributed by atoms with Gasteiger partial charge in [0.2, 0.25) is 5.91 Å². The molecule has 1 aliphatic rings. The molecule has 0 bridgehead atoms. The maximum Gasteiger partial charge on any atom is 0.237 e. The van der Waals surface area contributed by atoms with E-state index in [0.29, 0.717) is 5.92 Å². The van der Waals surface area contributed by atoms with Crippen LogP contribution in [0.2, 0.25) is 5.02 Å². The Labute approximate surface area is 126 Å². The van der Waals surface area contributed by atoms with Gasteiger partial charge in [0.1, 0.15) is 0 Å². The minimum absolute atomic E-state index is 0.0411. The Morgan fingerprint density at radius 1 is 1.55 bits per heavy atom. The molecule has 2 N–H and O–H groups in total. The van der Waals surface area contributed by atoms with Gasteiger partial charge in [-0.05, 0) is 56.3 Å². The first-order valence-electron chi connectivity index (χ1n) is 7.33. The van der Waals surface area contributed by atoms with Crippen LogP contribution in [-0.2, 0) is 11.2 Å². The minimum atomic E-state index is -0.0411. The SMILES string of the molecule is CC1CCNC(C(=O)NC(C)Cc2cccc(Cl)c2)C1. The van der Waals surface area contributed by atoms with Gasteiger partial charge < -0.3 is 10.6 Å². The highest BCUT2D eigenvalue weighted by Crippen LogP contribution is 2.16. The van der Waals surface area contributed by atoms with E-state index in [1.807, 2.05) is 31.2 Å². The second-order valence-corrected chi connectivity index (χ2v) is 6.32. The van der Waals surface area contributed by atoms with Crippen molar-refractivity contribution in [2.24, 2.45) is 5.92 Å². The summed E-state index contributed by atoms with van der Waals surface area (Å²) in [6.45, 7) is 5.17. The third-order valence-corrected chi connectivity index (χ3v) is 4.04. The van der Waals surface area contributed by atoms with E-state index in [4.69, 9.17) is 11.6 Å². The number of hydrogen-bond donors (Lipinski definition) is 2. The Morgan fingerprint density at radius 2 is 2.35 bits per heavy atom. The lowest BCUT2D eigenvalue weighted by Gasteiger charge is -2.28. The van der Waals surface area contributed by atoms with Crippen LogP contribution in [0.25, 0.3) is 0 Å². The molecule has 0 spiro atoms. The van der Waals surface area contributed by atoms with Gasteiger partial charge in [0.15, 0.2) is 0 Å². The number of rotatable bonds is 4. The average Bonchev–Trinajstić information content (AvgIpc) is 2.38. The summed E-state index contributed by atoms with van der Waals surface area (Å²) < 4.78 is 0. The van der Waals surface area contributed by atoms with E-state index < -0.39 is 0 Å². The normalized spacial score (nSPS) is 24.1. The fraction of sp³-hybridized carbons (Fsp3) is 0.562. The van der Waals surface area contributed by atoms with Gasteiger partial charge in [0.05, 0.1) is 6.04 Å². The molecule has 110 valence electrons. The molecule has 3 nitrogen and oxygen atoms in total. The van der Waals surface area contributed by atoms with Gasteiger partial charge in [-0.25, -0.2) is 0 Å². The summed E-state index contributed by atoms with van der Waals surface area (Å²) in [6.07, 6.45) is 2.88. The zero-order chi connectivity index (χ0) is 14.5. The lowest BCUT2D eigenvalue weighted by molar-refractivity contribution is -0.124. The summed E-state index contributed by atoms with van der Waals surface area (Å²) in [6, 6.07) is 7.86. The molecule has 1 aromatic carbocycles. The van der Waals surface area contributed by atoms with Crippen molar-refractivity contribution in [1.29, 1.82) is 0 Å². The minimum Gasteiger partial charge on any atom is -0.352 e. The molecular formula is C16H23ClN2O. The van der Waals surface area contributed by atoms with Gasteiger partial charge in [0.25, 0.3) is 0 Å². The molecular weight excluding hydrogens is 272 g/mol. The highest BCUT2D eigenvalue weighted by molar-refractivity contribution is 6.30. The van der Waals surface area contributed by atoms with Gasteiger partial charge in [-0.15, -0.1) is 0 Å². The summed E-state index contributed by atoms with van der Waals surface area (Å²) in [5.74, 6) is 0.737. The van der Waals surface area contributed by atoms with E-state index in [-0.39, 0.29) is 18.0 Å². The number of nitrogens with one attached hydrogen (secondary N) is 2. The fourth-order valence-electron chi connectivity index (χ4n) is 2.72. The van der Waals surface area contributed by atoms with Gasteiger partial charge in [0, 0.05) is 11.1 Å². The van der Waals surface area contributed by atoms with Crippen LogP contribution in [0.1, 0.15) is 32.3 Å². The molecule has 2 rings (SSSR count). The number of amides is 1. The predicted octanol–water partition coefficient (Wildman–Crippen LogP) is 2.78. The first kappa shape index (κ1) is 15.3. The second kappa shape index (κ2) is 7.09. The Balaban J connectivity index is 1.84. The molecule has 0 saturated carbocycles. The van der Waals surface area contributed by atoms with Crippen LogP contribution in [0, 0.1) is 5.92 Å². The largest absolute Gasteiger partial charge is 0.352 e. The molecule has 20 heavy (non-hydrogen) atoms. The van der Waals surface area contributed by atoms with E-state index in [1.54, 1.807) is 0 Å². The Hall–Kier alpha value is -1.06. The van der Waals surface area contributed by atoms with Crippen molar-refractivity contribution in [3.05, 3.63) is 34.9 Å². The fourth-order valence-corrected chi connectivity index (χ4v) is 2.93. The predicted molar refractivity (Wildman–Crippen MR) is 82.9 cm³/mol. The highest BCUT2D eigenvalue weighted by atomic mass is 35.5. The van der Waals surface area contributed by atoms with Crippen LogP contribution in [-0.4, -0.2) is 24.5 Å². The number of carbonyl (C=O) groups excluding carboxylic acids is 1. The molecule has 0 aliphatic carbocycles. The van der Waals surface area contributed by atoms with Crippen LogP contribution in [0.3, 0.4) is 0 Å². The average molecular weight is 295 g/mol. The summed E-state index contributed by atoms with van der Waals surface area (Å²) >= 11 is 5.97. The smallest absolute Gasteiger partial charge is 0.237 e. The van der Waals surface area contributed by atoms with Crippen molar-refractivity contribution in [1.82, 2.24) is 10.6 Å². The van der Waals surface area contributed by atoms with Crippen LogP contribution in [0.4, 0.5) is 0 Å². The van der Waals surface area contributed by atoms with Crippen molar-refractivity contribution in [2.75, 3.05) is 6.54 Å². The Morgan fingerprint density at radius 3 is 3.05 bits per heavy atom. The van der Waals surface area contributed by atoms with Gasteiger partial charge >= 0.3 is 0 Å². The van der Waals surface area contributed by atoms with Crippen LogP contribution < -0.4 is 10.6 Å². The number of hydrogen-bond acceptors (Lipinski definition) is 2. The monoisotopic (exact) mass is 294 g/mol. The maximum absolute atomic E-state index is 12.2. The topological polar surface area (TPSA) is 41.1 Å². The second-order valence-electron chi connectivity index (χ2n) is 5.88. The van der Waals surface area contributed by atoms with E-state index in [0.717, 1.165) is 36.4 Å². The molecule has 4 heteroatoms. The molecule has 0 radical (unpaired) electrons. The molecule has 3 atom stereocenters. The number of carbonyl (C=O) groups is 1. The molecule has 1 aromatic rings. The molecule has 1 aliphatic heterocycles. The Kier molecular flexibility index (Phi) is 5.44. The van der Waals surface area contributed by atoms with Crippen molar-refractivity contribution >= 4 is 17.5 Å². The first-order valence-corrected chi connectivity index (χ1v) is 7.70. The highest BCUT2D eigenvalue weighted by Gasteiger charge is 2.25. The quantitative estimate of drug-likeness (QED) is 0.896. The molecule has 1 heterocycles. The first-order chi connectivity index (χ1) is 9.54. The van der Waals surface area contributed by atoms with Crippen molar-refractivity contribution in [2.45, 2.75) is 45.2 Å². The van der Waals surface area contributed by atoms with Crippen LogP contribution in [0.15, 0.2) is 24.3 Å². The number of piperidine rings is 1. The summed E-state index contributed by atoms with van der Waals surface area (Å²) in [5, 5.41) is 7.13. The van der Waals surface area contributed by atoms with Gasteiger partial charge in [-0.3, -0.25) is 4.79 Å². The molecule has 1 saturated heterocycles. The standard InChI is InChI=1S/C16H23ClN2O/c1-11-6-7-18-15(8-11)16(20)19-12(2)9-13-4-3-5-14(17)10-13/h3-5,10-12,15,18H,6-9H2,1-2H3,(H,19,20). The van der Waals surface area contributed by atoms with Gasteiger partial charge in [-0.2, -0.15) is 0 Å². The van der Waals surface area contributed by atoms with Crippen molar-refractivity contribution in [3.63, 3.8) is 0 Å². The third-order valence-electron chi connectivity index (χ3n) is 3.80. The van der Waals surface area contributed by atoms with E-state index in [1.165, 1.54) is 0 Å². The summed E-state index contributed by atoms with van der Waals surface area (Å²) in [4.78, 5) is 12.2. The van der Waals surface area contributed by atoms with Gasteiger partial charge in [-0.1, -0.05) is 30.7 Å². The van der Waals surface area contributed by atoms with Crippen molar-refractivity contribution < 1.29 is 4.79 Å². The molecule has 0 aromatic heterocycles. The summed E-state index contributed by atoms with van der Waals surface area (Å²) in [5.41, 5.74) is 1.15. The summed E-state index contributed by atoms with van der Waals surface area (Å²) in [7, 11) is 0. The molecule has 1 fully saturated rings. The zero-order valence-electron chi connectivity index (χ0n) is 12.2. The van der Waals surface area contributed by atoms with Crippen molar-refractivity contribution in [3.8, 4) is 0 Å². The molecule has 1 amide bonds. The van der Waals surface area contributed by atoms with E-state index in [2.05, 4.69) is 17.6 Å². The lowest BCUT2D eigenvalue weighted by atomic mass is 9.93. The Bertz CT molecular complexity index is 464. The zero-order valence-corrected chi connectivity index (χ0v) is 12.9. The van der Waals surface area contributed by atoms with E-state index >= 15 is 0 Å². The maximum atomic E-state index is 12.2. The third kappa shape index (κ3) is 4.50.